The number of rotatable bonds is 4. The van der Waals surface area contributed by atoms with Crippen molar-refractivity contribution in [2.24, 2.45) is 0 Å². The number of carboxylic acids is 1. The van der Waals surface area contributed by atoms with Gasteiger partial charge in [-0.15, -0.1) is 0 Å². The van der Waals surface area contributed by atoms with Crippen LogP contribution >= 0.6 is 0 Å². The molecule has 0 heterocycles. The average molecular weight is 356 g/mol. The van der Waals surface area contributed by atoms with Gasteiger partial charge in [0.1, 0.15) is 5.76 Å². The third-order valence-electron chi connectivity index (χ3n) is 3.34. The van der Waals surface area contributed by atoms with Gasteiger partial charge in [-0.2, -0.15) is 0 Å². The molecule has 2 amide bonds. The van der Waals surface area contributed by atoms with Crippen LogP contribution in [-0.2, 0) is 0 Å². The van der Waals surface area contributed by atoms with Crippen LogP contribution in [0.1, 0.15) is 36.6 Å². The highest BCUT2D eigenvalue weighted by atomic mass is 16.4. The van der Waals surface area contributed by atoms with Crippen molar-refractivity contribution in [2.45, 2.75) is 0 Å². The summed E-state index contributed by atoms with van der Waals surface area (Å²) in [5.41, 5.74) is 1.08. The lowest BCUT2D eigenvalue weighted by atomic mass is 10.1. The minimum Gasteiger partial charge on any atom is -0.508 e. The van der Waals surface area contributed by atoms with Crippen LogP contribution in [0.5, 0.6) is 0 Å². The van der Waals surface area contributed by atoms with Crippen molar-refractivity contribution < 1.29 is 24.6 Å². The molecule has 2 aromatic rings. The van der Waals surface area contributed by atoms with Crippen molar-refractivity contribution >= 4 is 23.5 Å². The molecule has 0 fully saturated rings. The van der Waals surface area contributed by atoms with Crippen LogP contribution in [0.15, 0.2) is 55.1 Å². The van der Waals surface area contributed by atoms with E-state index in [2.05, 4.69) is 17.2 Å². The van der Waals surface area contributed by atoms with Crippen molar-refractivity contribution in [3.63, 3.8) is 0 Å². The molecule has 0 aromatic heterocycles. The van der Waals surface area contributed by atoms with Gasteiger partial charge in [0.2, 0.25) is 0 Å². The normalized spacial score (nSPS) is 9.31. The highest BCUT2D eigenvalue weighted by Crippen LogP contribution is 2.14. The predicted octanol–water partition coefficient (Wildman–Crippen LogP) is 2.32. The number of amides is 2. The van der Waals surface area contributed by atoms with Gasteiger partial charge in [0.15, 0.2) is 0 Å². The molecule has 0 atom stereocenters. The third kappa shape index (κ3) is 5.20. The molecular weight excluding hydrogens is 336 g/mol. The average Bonchev–Trinajstić information content (AvgIpc) is 2.67. The number of carbonyl (C=O) groups is 3. The number of hydrogen-bond donors (Lipinski definition) is 4. The maximum absolute atomic E-state index is 11.3. The molecule has 0 aliphatic carbocycles. The van der Waals surface area contributed by atoms with Crippen LogP contribution in [0.25, 0.3) is 5.76 Å². The van der Waals surface area contributed by atoms with Gasteiger partial charge in [-0.05, 0) is 18.2 Å². The molecule has 0 spiro atoms. The Kier molecular flexibility index (Phi) is 7.57. The Morgan fingerprint density at radius 2 is 1.08 bits per heavy atom. The van der Waals surface area contributed by atoms with E-state index in [-0.39, 0.29) is 22.8 Å². The fourth-order valence-electron chi connectivity index (χ4n) is 2.07. The second-order valence-corrected chi connectivity index (χ2v) is 5.00. The highest BCUT2D eigenvalue weighted by Gasteiger charge is 2.13. The van der Waals surface area contributed by atoms with Gasteiger partial charge in [0.05, 0.1) is 16.7 Å². The van der Waals surface area contributed by atoms with E-state index in [4.69, 9.17) is 5.11 Å². The van der Waals surface area contributed by atoms with Gasteiger partial charge in [-0.25, -0.2) is 4.79 Å². The third-order valence-corrected chi connectivity index (χ3v) is 3.34. The van der Waals surface area contributed by atoms with E-state index in [1.807, 2.05) is 0 Å². The lowest BCUT2D eigenvalue weighted by Gasteiger charge is -2.05. The van der Waals surface area contributed by atoms with Crippen LogP contribution in [-0.4, -0.2) is 42.1 Å². The summed E-state index contributed by atoms with van der Waals surface area (Å²) in [6, 6.07) is 12.8. The van der Waals surface area contributed by atoms with Crippen LogP contribution in [0.2, 0.25) is 0 Å². The Morgan fingerprint density at radius 3 is 1.42 bits per heavy atom. The predicted molar refractivity (Wildman–Crippen MR) is 98.3 cm³/mol. The number of aliphatic hydroxyl groups is 1. The molecule has 2 rings (SSSR count). The Labute approximate surface area is 151 Å². The Balaban J connectivity index is 0.000000260. The summed E-state index contributed by atoms with van der Waals surface area (Å²) in [5, 5.41) is 22.8. The highest BCUT2D eigenvalue weighted by molar-refractivity contribution is 6.04. The minimum atomic E-state index is -1.10. The second kappa shape index (κ2) is 9.63. The number of aliphatic hydroxyl groups excluding tert-OH is 1. The van der Waals surface area contributed by atoms with Gasteiger partial charge in [0.25, 0.3) is 11.8 Å². The van der Waals surface area contributed by atoms with Gasteiger partial charge >= 0.3 is 5.97 Å². The monoisotopic (exact) mass is 356 g/mol. The van der Waals surface area contributed by atoms with Crippen LogP contribution in [0.4, 0.5) is 0 Å². The first-order valence-corrected chi connectivity index (χ1v) is 7.57. The number of benzene rings is 2. The minimum absolute atomic E-state index is 0.0156. The van der Waals surface area contributed by atoms with Gasteiger partial charge in [-0.1, -0.05) is 36.9 Å². The van der Waals surface area contributed by atoms with Crippen LogP contribution < -0.4 is 10.6 Å². The summed E-state index contributed by atoms with van der Waals surface area (Å²) in [7, 11) is 3.00. The van der Waals surface area contributed by atoms with Gasteiger partial charge in [-0.3, -0.25) is 9.59 Å². The lowest BCUT2D eigenvalue weighted by Crippen LogP contribution is -2.20. The number of aromatic carboxylic acids is 1. The topological polar surface area (TPSA) is 116 Å². The van der Waals surface area contributed by atoms with Gasteiger partial charge in [0, 0.05) is 19.7 Å². The molecule has 2 aromatic carbocycles. The molecule has 7 nitrogen and oxygen atoms in total. The molecule has 0 bridgehead atoms. The largest absolute Gasteiger partial charge is 0.508 e. The maximum atomic E-state index is 11.3. The van der Waals surface area contributed by atoms with Crippen molar-refractivity contribution in [3.8, 4) is 0 Å². The van der Waals surface area contributed by atoms with E-state index < -0.39 is 11.9 Å². The molecule has 136 valence electrons. The standard InChI is InChI=1S/C10H11NO2.C9H9NO3/c1-7(12)8-5-3-4-6-9(8)10(13)11-2;1-10-8(11)6-4-2-3-5-7(6)9(12)13/h3-6,12H,1H2,2H3,(H,11,13);2-5H,1H3,(H,10,11)(H,12,13). The Hall–Kier alpha value is -3.61. The first kappa shape index (κ1) is 20.4. The summed E-state index contributed by atoms with van der Waals surface area (Å²) >= 11 is 0. The van der Waals surface area contributed by atoms with E-state index >= 15 is 0 Å². The van der Waals surface area contributed by atoms with Crippen molar-refractivity contribution in [1.29, 1.82) is 0 Å². The SMILES string of the molecule is C=C(O)c1ccccc1C(=O)NC.CNC(=O)c1ccccc1C(=O)O. The van der Waals surface area contributed by atoms with Crippen molar-refractivity contribution in [3.05, 3.63) is 77.4 Å². The van der Waals surface area contributed by atoms with Crippen LogP contribution in [0, 0.1) is 0 Å². The van der Waals surface area contributed by atoms with Gasteiger partial charge < -0.3 is 20.8 Å². The van der Waals surface area contributed by atoms with E-state index in [1.165, 1.54) is 19.2 Å². The Morgan fingerprint density at radius 1 is 0.731 bits per heavy atom. The van der Waals surface area contributed by atoms with Crippen molar-refractivity contribution in [1.82, 2.24) is 10.6 Å². The molecule has 0 saturated heterocycles. The summed E-state index contributed by atoms with van der Waals surface area (Å²) in [6.07, 6.45) is 0. The quantitative estimate of drug-likeness (QED) is 0.628. The van der Waals surface area contributed by atoms with E-state index in [0.717, 1.165) is 0 Å². The van der Waals surface area contributed by atoms with E-state index in [0.29, 0.717) is 11.1 Å². The van der Waals surface area contributed by atoms with E-state index in [1.54, 1.807) is 43.4 Å². The number of carbonyl (C=O) groups excluding carboxylic acids is 2. The zero-order chi connectivity index (χ0) is 19.7. The fraction of sp³-hybridized carbons (Fsp3) is 0.105. The molecule has 0 saturated carbocycles. The molecule has 0 aliphatic rings. The smallest absolute Gasteiger partial charge is 0.336 e. The molecule has 0 radical (unpaired) electrons. The zero-order valence-corrected chi connectivity index (χ0v) is 14.4. The van der Waals surface area contributed by atoms with E-state index in [9.17, 15) is 19.5 Å². The lowest BCUT2D eigenvalue weighted by molar-refractivity contribution is 0.0691. The van der Waals surface area contributed by atoms with Crippen molar-refractivity contribution in [2.75, 3.05) is 14.1 Å². The summed E-state index contributed by atoms with van der Waals surface area (Å²) in [6.45, 7) is 3.38. The fourth-order valence-corrected chi connectivity index (χ4v) is 2.07. The number of carboxylic acid groups (broad SMARTS) is 1. The summed E-state index contributed by atoms with van der Waals surface area (Å²) in [4.78, 5) is 33.1. The Bertz CT molecular complexity index is 761. The molecule has 4 N–H and O–H groups in total. The van der Waals surface area contributed by atoms with Crippen LogP contribution in [0.3, 0.4) is 0 Å². The molecule has 0 unspecified atom stereocenters. The summed E-state index contributed by atoms with van der Waals surface area (Å²) < 4.78 is 0. The summed E-state index contributed by atoms with van der Waals surface area (Å²) in [5.74, 6) is -1.82. The molecule has 7 heteroatoms. The second-order valence-electron chi connectivity index (χ2n) is 5.00. The molecule has 0 aliphatic heterocycles. The first-order chi connectivity index (χ1) is 12.3. The molecular formula is C19H20N2O5. The number of hydrogen-bond acceptors (Lipinski definition) is 4. The zero-order valence-electron chi connectivity index (χ0n) is 14.4. The number of nitrogens with one attached hydrogen (secondary N) is 2. The first-order valence-electron chi connectivity index (χ1n) is 7.57. The molecule has 26 heavy (non-hydrogen) atoms. The maximum Gasteiger partial charge on any atom is 0.336 e.